The molecular weight excluding hydrogens is 136 g/mol. The Morgan fingerprint density at radius 2 is 1.91 bits per heavy atom. The lowest BCUT2D eigenvalue weighted by Gasteiger charge is -2.04. The largest absolute Gasteiger partial charge is 0.308 e. The Bertz CT molecular complexity index is 146. The molecule has 0 radical (unpaired) electrons. The summed E-state index contributed by atoms with van der Waals surface area (Å²) < 4.78 is 0. The molecule has 0 unspecified atom stereocenters. The number of nitrogens with zero attached hydrogens (tertiary/aromatic N) is 1. The highest BCUT2D eigenvalue weighted by atomic mass is 15.3. The Hall–Kier alpha value is -0.790. The molecule has 0 aromatic rings. The van der Waals surface area contributed by atoms with Crippen molar-refractivity contribution >= 4 is 6.21 Å². The van der Waals surface area contributed by atoms with Crippen molar-refractivity contribution in [3.63, 3.8) is 0 Å². The van der Waals surface area contributed by atoms with Gasteiger partial charge in [0.1, 0.15) is 0 Å². The molecule has 0 bridgehead atoms. The van der Waals surface area contributed by atoms with Crippen LogP contribution in [0.5, 0.6) is 0 Å². The number of allylic oxidation sites excluding steroid dienone is 1. The highest BCUT2D eigenvalue weighted by molar-refractivity contribution is 5.77. The molecule has 0 saturated carbocycles. The van der Waals surface area contributed by atoms with Crippen molar-refractivity contribution in [2.75, 3.05) is 0 Å². The van der Waals surface area contributed by atoms with E-state index in [-0.39, 0.29) is 0 Å². The summed E-state index contributed by atoms with van der Waals surface area (Å²) in [6.45, 7) is 12.2. The van der Waals surface area contributed by atoms with Crippen molar-refractivity contribution in [2.24, 2.45) is 11.0 Å². The molecule has 0 aliphatic carbocycles. The highest BCUT2D eigenvalue weighted by Gasteiger charge is 1.94. The third kappa shape index (κ3) is 5.64. The number of rotatable bonds is 4. The van der Waals surface area contributed by atoms with Crippen molar-refractivity contribution in [2.45, 2.75) is 33.7 Å². The van der Waals surface area contributed by atoms with E-state index in [1.54, 1.807) is 6.21 Å². The smallest absolute Gasteiger partial charge is 0.0496 e. The third-order valence-electron chi connectivity index (χ3n) is 1.30. The fraction of sp³-hybridized carbons (Fsp3) is 0.667. The molecule has 0 aliphatic rings. The van der Waals surface area contributed by atoms with Gasteiger partial charge in [0, 0.05) is 12.3 Å². The van der Waals surface area contributed by atoms with Crippen molar-refractivity contribution in [1.29, 1.82) is 0 Å². The minimum absolute atomic E-state index is 0.395. The molecule has 0 aliphatic heterocycles. The van der Waals surface area contributed by atoms with Gasteiger partial charge >= 0.3 is 0 Å². The molecule has 0 amide bonds. The van der Waals surface area contributed by atoms with Crippen LogP contribution in [0, 0.1) is 5.92 Å². The van der Waals surface area contributed by atoms with Gasteiger partial charge in [-0.1, -0.05) is 20.4 Å². The molecule has 1 N–H and O–H groups in total. The SMILES string of the molecule is C=C(/C=N\NC(C)C)C(C)C. The van der Waals surface area contributed by atoms with Crippen LogP contribution in [-0.2, 0) is 0 Å². The molecule has 64 valence electrons. The second kappa shape index (κ2) is 4.94. The summed E-state index contributed by atoms with van der Waals surface area (Å²) in [5.41, 5.74) is 3.99. The molecule has 0 spiro atoms. The van der Waals surface area contributed by atoms with E-state index < -0.39 is 0 Å². The van der Waals surface area contributed by atoms with Crippen molar-refractivity contribution in [1.82, 2.24) is 5.43 Å². The number of nitrogens with one attached hydrogen (secondary N) is 1. The molecule has 2 nitrogen and oxygen atoms in total. The fourth-order valence-corrected chi connectivity index (χ4v) is 0.418. The van der Waals surface area contributed by atoms with E-state index in [1.165, 1.54) is 0 Å². The van der Waals surface area contributed by atoms with Gasteiger partial charge in [0.25, 0.3) is 0 Å². The molecule has 0 aromatic carbocycles. The van der Waals surface area contributed by atoms with Gasteiger partial charge < -0.3 is 5.43 Å². The molecular formula is C9H18N2. The van der Waals surface area contributed by atoms with Crippen LogP contribution in [-0.4, -0.2) is 12.3 Å². The van der Waals surface area contributed by atoms with Gasteiger partial charge in [-0.25, -0.2) is 0 Å². The standard InChI is InChI=1S/C9H18N2/c1-7(2)9(5)6-10-11-8(3)4/h6-8,11H,5H2,1-4H3/b10-6-. The molecule has 0 heterocycles. The van der Waals surface area contributed by atoms with Crippen LogP contribution in [0.15, 0.2) is 17.3 Å². The predicted octanol–water partition coefficient (Wildman–Crippen LogP) is 2.18. The average Bonchev–Trinajstić information content (AvgIpc) is 1.86. The van der Waals surface area contributed by atoms with E-state index in [0.29, 0.717) is 12.0 Å². The van der Waals surface area contributed by atoms with Gasteiger partial charge in [0.05, 0.1) is 0 Å². The summed E-state index contributed by atoms with van der Waals surface area (Å²) in [7, 11) is 0. The normalized spacial score (nSPS) is 11.5. The Morgan fingerprint density at radius 1 is 1.36 bits per heavy atom. The molecule has 0 atom stereocenters. The zero-order valence-electron chi connectivity index (χ0n) is 7.89. The van der Waals surface area contributed by atoms with Gasteiger partial charge in [-0.15, -0.1) is 0 Å². The summed E-state index contributed by atoms with van der Waals surface area (Å²) in [5.74, 6) is 0.479. The first-order chi connectivity index (χ1) is 5.04. The summed E-state index contributed by atoms with van der Waals surface area (Å²) in [6, 6.07) is 0.395. The van der Waals surface area contributed by atoms with Crippen LogP contribution < -0.4 is 5.43 Å². The predicted molar refractivity (Wildman–Crippen MR) is 50.7 cm³/mol. The van der Waals surface area contributed by atoms with Crippen molar-refractivity contribution in [3.05, 3.63) is 12.2 Å². The lowest BCUT2D eigenvalue weighted by Crippen LogP contribution is -2.16. The van der Waals surface area contributed by atoms with E-state index in [4.69, 9.17) is 0 Å². The van der Waals surface area contributed by atoms with Crippen molar-refractivity contribution < 1.29 is 0 Å². The van der Waals surface area contributed by atoms with Crippen LogP contribution in [0.25, 0.3) is 0 Å². The third-order valence-corrected chi connectivity index (χ3v) is 1.30. The lowest BCUT2D eigenvalue weighted by molar-refractivity contribution is 0.621. The number of hydrogen-bond donors (Lipinski definition) is 1. The summed E-state index contributed by atoms with van der Waals surface area (Å²) in [4.78, 5) is 0. The summed E-state index contributed by atoms with van der Waals surface area (Å²) >= 11 is 0. The lowest BCUT2D eigenvalue weighted by atomic mass is 10.1. The molecule has 0 rings (SSSR count). The first-order valence-electron chi connectivity index (χ1n) is 4.01. The molecule has 0 aromatic heterocycles. The highest BCUT2D eigenvalue weighted by Crippen LogP contribution is 2.02. The van der Waals surface area contributed by atoms with Gasteiger partial charge in [-0.05, 0) is 25.3 Å². The van der Waals surface area contributed by atoms with Crippen LogP contribution in [0.3, 0.4) is 0 Å². The number of hydrazone groups is 1. The maximum absolute atomic E-state index is 4.02. The maximum atomic E-state index is 4.02. The van der Waals surface area contributed by atoms with E-state index >= 15 is 0 Å². The quantitative estimate of drug-likeness (QED) is 0.487. The zero-order valence-corrected chi connectivity index (χ0v) is 7.89. The first-order valence-corrected chi connectivity index (χ1v) is 4.01. The minimum atomic E-state index is 0.395. The van der Waals surface area contributed by atoms with Crippen LogP contribution in [0.2, 0.25) is 0 Å². The summed E-state index contributed by atoms with van der Waals surface area (Å²) in [5, 5.41) is 4.02. The monoisotopic (exact) mass is 154 g/mol. The fourth-order valence-electron chi connectivity index (χ4n) is 0.418. The zero-order chi connectivity index (χ0) is 8.85. The van der Waals surface area contributed by atoms with Gasteiger partial charge in [-0.3, -0.25) is 0 Å². The molecule has 11 heavy (non-hydrogen) atoms. The van der Waals surface area contributed by atoms with E-state index in [1.807, 2.05) is 0 Å². The van der Waals surface area contributed by atoms with E-state index in [0.717, 1.165) is 5.57 Å². The minimum Gasteiger partial charge on any atom is -0.308 e. The second-order valence-corrected chi connectivity index (χ2v) is 3.27. The van der Waals surface area contributed by atoms with Crippen LogP contribution in [0.1, 0.15) is 27.7 Å². The van der Waals surface area contributed by atoms with Crippen LogP contribution in [0.4, 0.5) is 0 Å². The summed E-state index contributed by atoms with van der Waals surface area (Å²) in [6.07, 6.45) is 1.78. The Labute approximate surface area is 69.4 Å². The van der Waals surface area contributed by atoms with Crippen molar-refractivity contribution in [3.8, 4) is 0 Å². The Morgan fingerprint density at radius 3 is 2.27 bits per heavy atom. The van der Waals surface area contributed by atoms with Gasteiger partial charge in [0.2, 0.25) is 0 Å². The number of hydrogen-bond acceptors (Lipinski definition) is 2. The second-order valence-electron chi connectivity index (χ2n) is 3.27. The van der Waals surface area contributed by atoms with Crippen LogP contribution >= 0.6 is 0 Å². The topological polar surface area (TPSA) is 24.4 Å². The Kier molecular flexibility index (Phi) is 4.59. The van der Waals surface area contributed by atoms with E-state index in [2.05, 4.69) is 44.8 Å². The average molecular weight is 154 g/mol. The molecule has 2 heteroatoms. The van der Waals surface area contributed by atoms with E-state index in [9.17, 15) is 0 Å². The maximum Gasteiger partial charge on any atom is 0.0496 e. The molecule has 0 fully saturated rings. The molecule has 0 saturated heterocycles. The first kappa shape index (κ1) is 10.2. The van der Waals surface area contributed by atoms with Gasteiger partial charge in [-0.2, -0.15) is 5.10 Å². The Balaban J connectivity index is 3.66. The van der Waals surface area contributed by atoms with Gasteiger partial charge in [0.15, 0.2) is 0 Å².